The largest absolute Gasteiger partial charge is 0.342 e. The second-order valence-electron chi connectivity index (χ2n) is 2.92. The van der Waals surface area contributed by atoms with E-state index in [1.165, 1.54) is 4.57 Å². The Bertz CT molecular complexity index is 492. The van der Waals surface area contributed by atoms with Gasteiger partial charge in [-0.05, 0) is 30.6 Å². The quantitative estimate of drug-likeness (QED) is 0.770. The van der Waals surface area contributed by atoms with Crippen molar-refractivity contribution in [1.29, 1.82) is 0 Å². The van der Waals surface area contributed by atoms with E-state index < -0.39 is 0 Å². The van der Waals surface area contributed by atoms with E-state index in [9.17, 15) is 4.79 Å². The first kappa shape index (κ1) is 9.42. The maximum Gasteiger partial charge on any atom is 0.342 e. The molecule has 0 aliphatic heterocycles. The number of rotatable bonds is 2. The van der Waals surface area contributed by atoms with Crippen LogP contribution >= 0.6 is 23.6 Å². The van der Waals surface area contributed by atoms with Gasteiger partial charge in [-0.1, -0.05) is 6.07 Å². The van der Waals surface area contributed by atoms with Gasteiger partial charge in [-0.2, -0.15) is 0 Å². The van der Waals surface area contributed by atoms with Crippen molar-refractivity contribution in [1.82, 2.24) is 14.8 Å². The van der Waals surface area contributed by atoms with Crippen molar-refractivity contribution < 1.29 is 0 Å². The molecule has 0 aliphatic rings. The number of hydrogen-bond acceptors (Lipinski definition) is 3. The monoisotopic (exact) mass is 227 g/mol. The molecule has 1 atom stereocenters. The van der Waals surface area contributed by atoms with Crippen molar-refractivity contribution in [3.05, 3.63) is 37.6 Å². The Morgan fingerprint density at radius 3 is 2.86 bits per heavy atom. The maximum absolute atomic E-state index is 11.4. The molecule has 2 aromatic rings. The fourth-order valence-corrected chi connectivity index (χ4v) is 2.39. The molecule has 0 radical (unpaired) electrons. The van der Waals surface area contributed by atoms with E-state index in [1.54, 1.807) is 11.3 Å². The number of aromatic amines is 2. The average Bonchev–Trinajstić information content (AvgIpc) is 2.75. The summed E-state index contributed by atoms with van der Waals surface area (Å²) >= 11 is 6.62. The minimum absolute atomic E-state index is 0.0162. The summed E-state index contributed by atoms with van der Waals surface area (Å²) in [6.07, 6.45) is 0. The highest BCUT2D eigenvalue weighted by atomic mass is 32.1. The molecule has 14 heavy (non-hydrogen) atoms. The van der Waals surface area contributed by atoms with E-state index in [0.29, 0.717) is 4.77 Å². The van der Waals surface area contributed by atoms with Gasteiger partial charge in [0.1, 0.15) is 0 Å². The fourth-order valence-electron chi connectivity index (χ4n) is 1.33. The van der Waals surface area contributed by atoms with Crippen molar-refractivity contribution in [3.8, 4) is 0 Å². The molecule has 2 heterocycles. The minimum atomic E-state index is -0.198. The second-order valence-corrected chi connectivity index (χ2v) is 4.29. The summed E-state index contributed by atoms with van der Waals surface area (Å²) in [6, 6.07) is 3.93. The predicted octanol–water partition coefficient (Wildman–Crippen LogP) is 1.90. The molecule has 0 aliphatic carbocycles. The Kier molecular flexibility index (Phi) is 2.39. The number of nitrogens with zero attached hydrogens (tertiary/aromatic N) is 1. The molecule has 74 valence electrons. The van der Waals surface area contributed by atoms with Crippen molar-refractivity contribution in [2.24, 2.45) is 0 Å². The zero-order valence-electron chi connectivity index (χ0n) is 7.48. The first-order valence-corrected chi connectivity index (χ1v) is 5.41. The van der Waals surface area contributed by atoms with Gasteiger partial charge in [0.05, 0.1) is 6.04 Å². The molecule has 0 amide bonds. The summed E-state index contributed by atoms with van der Waals surface area (Å²) in [5.74, 6) is 0. The van der Waals surface area contributed by atoms with E-state index in [1.807, 2.05) is 24.4 Å². The molecule has 2 aromatic heterocycles. The van der Waals surface area contributed by atoms with Gasteiger partial charge < -0.3 is 0 Å². The lowest BCUT2D eigenvalue weighted by atomic mass is 10.3. The molecular weight excluding hydrogens is 218 g/mol. The van der Waals surface area contributed by atoms with Crippen LogP contribution in [0.25, 0.3) is 0 Å². The third kappa shape index (κ3) is 1.46. The Labute approximate surface area is 89.2 Å². The van der Waals surface area contributed by atoms with Crippen LogP contribution in [0.15, 0.2) is 22.3 Å². The summed E-state index contributed by atoms with van der Waals surface area (Å²) in [5.41, 5.74) is -0.198. The number of H-pyrrole nitrogens is 2. The molecule has 4 nitrogen and oxygen atoms in total. The van der Waals surface area contributed by atoms with Crippen LogP contribution in [0.4, 0.5) is 0 Å². The van der Waals surface area contributed by atoms with Crippen molar-refractivity contribution in [2.75, 3.05) is 0 Å². The van der Waals surface area contributed by atoms with Gasteiger partial charge in [0.2, 0.25) is 0 Å². The molecule has 0 spiro atoms. The maximum atomic E-state index is 11.4. The third-order valence-corrected chi connectivity index (χ3v) is 3.40. The number of thiophene rings is 1. The van der Waals surface area contributed by atoms with E-state index in [0.717, 1.165) is 4.88 Å². The molecule has 0 saturated carbocycles. The van der Waals surface area contributed by atoms with Crippen LogP contribution in [0.1, 0.15) is 17.8 Å². The van der Waals surface area contributed by atoms with Crippen LogP contribution in [-0.4, -0.2) is 14.8 Å². The predicted molar refractivity (Wildman–Crippen MR) is 58.4 cm³/mol. The summed E-state index contributed by atoms with van der Waals surface area (Å²) in [5, 5.41) is 7.07. The van der Waals surface area contributed by atoms with Crippen LogP contribution in [0, 0.1) is 4.77 Å². The molecule has 6 heteroatoms. The molecule has 0 bridgehead atoms. The van der Waals surface area contributed by atoms with Gasteiger partial charge in [-0.25, -0.2) is 9.89 Å². The Hall–Kier alpha value is -1.14. The summed E-state index contributed by atoms with van der Waals surface area (Å²) in [7, 11) is 0. The molecule has 2 rings (SSSR count). The van der Waals surface area contributed by atoms with E-state index in [2.05, 4.69) is 10.2 Å². The van der Waals surface area contributed by atoms with Gasteiger partial charge in [-0.3, -0.25) is 9.67 Å². The zero-order chi connectivity index (χ0) is 10.1. The lowest BCUT2D eigenvalue weighted by molar-refractivity contribution is 0.618. The van der Waals surface area contributed by atoms with Crippen molar-refractivity contribution >= 4 is 23.6 Å². The van der Waals surface area contributed by atoms with E-state index >= 15 is 0 Å². The van der Waals surface area contributed by atoms with Gasteiger partial charge in [-0.15, -0.1) is 11.3 Å². The number of nitrogens with one attached hydrogen (secondary N) is 2. The Morgan fingerprint density at radius 2 is 2.36 bits per heavy atom. The SMILES string of the molecule is CC(c1cccs1)n1c(=O)[nH][nH]c1=S. The highest BCUT2D eigenvalue weighted by molar-refractivity contribution is 7.71. The van der Waals surface area contributed by atoms with Crippen LogP contribution in [0.2, 0.25) is 0 Å². The standard InChI is InChI=1S/C8H9N3OS2/c1-5(6-3-2-4-14-6)11-7(12)9-10-8(11)13/h2-5H,1H3,(H,9,12)(H,10,13). The summed E-state index contributed by atoms with van der Waals surface area (Å²) in [4.78, 5) is 12.5. The normalized spacial score (nSPS) is 12.9. The Balaban J connectivity index is 2.51. The molecule has 2 N–H and O–H groups in total. The van der Waals surface area contributed by atoms with Crippen LogP contribution in [0.3, 0.4) is 0 Å². The van der Waals surface area contributed by atoms with Gasteiger partial charge in [0, 0.05) is 4.88 Å². The van der Waals surface area contributed by atoms with Crippen molar-refractivity contribution in [2.45, 2.75) is 13.0 Å². The smallest absolute Gasteiger partial charge is 0.272 e. The topological polar surface area (TPSA) is 53.6 Å². The lowest BCUT2D eigenvalue weighted by Crippen LogP contribution is -2.20. The summed E-state index contributed by atoms with van der Waals surface area (Å²) in [6.45, 7) is 1.95. The van der Waals surface area contributed by atoms with Crippen LogP contribution < -0.4 is 5.69 Å². The number of hydrogen-bond donors (Lipinski definition) is 2. The Morgan fingerprint density at radius 1 is 1.57 bits per heavy atom. The van der Waals surface area contributed by atoms with Gasteiger partial charge >= 0.3 is 5.69 Å². The highest BCUT2D eigenvalue weighted by Crippen LogP contribution is 2.20. The average molecular weight is 227 g/mol. The molecule has 0 saturated heterocycles. The van der Waals surface area contributed by atoms with Gasteiger partial charge in [0.25, 0.3) is 0 Å². The second kappa shape index (κ2) is 3.55. The van der Waals surface area contributed by atoms with Crippen LogP contribution in [-0.2, 0) is 0 Å². The van der Waals surface area contributed by atoms with Crippen molar-refractivity contribution in [3.63, 3.8) is 0 Å². The molecule has 0 aromatic carbocycles. The third-order valence-electron chi connectivity index (χ3n) is 2.06. The lowest BCUT2D eigenvalue weighted by Gasteiger charge is -2.08. The highest BCUT2D eigenvalue weighted by Gasteiger charge is 2.12. The molecular formula is C8H9N3OS2. The zero-order valence-corrected chi connectivity index (χ0v) is 9.11. The molecule has 0 fully saturated rings. The minimum Gasteiger partial charge on any atom is -0.272 e. The summed E-state index contributed by atoms with van der Waals surface area (Å²) < 4.78 is 1.96. The molecule has 1 unspecified atom stereocenters. The first-order chi connectivity index (χ1) is 6.70. The van der Waals surface area contributed by atoms with E-state index in [-0.39, 0.29) is 11.7 Å². The van der Waals surface area contributed by atoms with E-state index in [4.69, 9.17) is 12.2 Å². The number of aromatic nitrogens is 3. The first-order valence-electron chi connectivity index (χ1n) is 4.12. The fraction of sp³-hybridized carbons (Fsp3) is 0.250. The van der Waals surface area contributed by atoms with Crippen LogP contribution in [0.5, 0.6) is 0 Å². The van der Waals surface area contributed by atoms with Gasteiger partial charge in [0.15, 0.2) is 4.77 Å².